The monoisotopic (exact) mass is 378 g/mol. The molecule has 25 heavy (non-hydrogen) atoms. The maximum Gasteiger partial charge on any atom is 0.378 e. The molecule has 0 saturated carbocycles. The first-order valence-corrected chi connectivity index (χ1v) is 9.44. The van der Waals surface area contributed by atoms with E-state index < -0.39 is 44.4 Å². The molecule has 0 amide bonds. The molecule has 0 bridgehead atoms. The maximum absolute atomic E-state index is 15.2. The fourth-order valence-electron chi connectivity index (χ4n) is 2.56. The Bertz CT molecular complexity index is 641. The van der Waals surface area contributed by atoms with E-state index in [9.17, 15) is 13.4 Å². The Kier molecular flexibility index (Phi) is 6.84. The highest BCUT2D eigenvalue weighted by molar-refractivity contribution is 7.86. The summed E-state index contributed by atoms with van der Waals surface area (Å²) in [6.45, 7) is 7.56. The highest BCUT2D eigenvalue weighted by Gasteiger charge is 2.62. The van der Waals surface area contributed by atoms with Gasteiger partial charge in [0, 0.05) is 26.9 Å². The second kappa shape index (κ2) is 7.89. The topological polar surface area (TPSA) is 43.4 Å². The molecule has 0 aliphatic rings. The molecule has 3 nitrogen and oxygen atoms in total. The van der Waals surface area contributed by atoms with Crippen molar-refractivity contribution in [3.05, 3.63) is 35.6 Å². The largest absolute Gasteiger partial charge is 0.462 e. The molecule has 1 aromatic carbocycles. The molecule has 142 valence electrons. The van der Waals surface area contributed by atoms with Crippen LogP contribution in [0.25, 0.3) is 0 Å². The summed E-state index contributed by atoms with van der Waals surface area (Å²) in [4.78, 5) is 12.0. The SMILES string of the molecule is CCOC(=O)C(F)(F)[C@](CC)(C[S@@](=O)C(C)(C)C)c1ccccc1F. The van der Waals surface area contributed by atoms with Crippen molar-refractivity contribution in [3.8, 4) is 0 Å². The summed E-state index contributed by atoms with van der Waals surface area (Å²) in [5.74, 6) is -7.18. The zero-order valence-corrected chi connectivity index (χ0v) is 16.0. The highest BCUT2D eigenvalue weighted by atomic mass is 32.2. The number of carbonyl (C=O) groups is 1. The first-order chi connectivity index (χ1) is 11.4. The fourth-order valence-corrected chi connectivity index (χ4v) is 3.98. The molecule has 0 aliphatic carbocycles. The summed E-state index contributed by atoms with van der Waals surface area (Å²) in [6, 6.07) is 5.07. The molecule has 0 heterocycles. The zero-order chi connectivity index (χ0) is 19.5. The van der Waals surface area contributed by atoms with E-state index in [0.717, 1.165) is 6.07 Å². The molecule has 0 radical (unpaired) electrons. The summed E-state index contributed by atoms with van der Waals surface area (Å²) < 4.78 is 61.1. The van der Waals surface area contributed by atoms with Crippen LogP contribution in [0, 0.1) is 5.82 Å². The molecule has 0 unspecified atom stereocenters. The van der Waals surface area contributed by atoms with Gasteiger partial charge in [-0.15, -0.1) is 0 Å². The van der Waals surface area contributed by atoms with Crippen molar-refractivity contribution in [2.75, 3.05) is 12.4 Å². The molecule has 0 aliphatic heterocycles. The lowest BCUT2D eigenvalue weighted by molar-refractivity contribution is -0.182. The summed E-state index contributed by atoms with van der Waals surface area (Å²) in [5, 5.41) is 0. The molecular weight excluding hydrogens is 353 g/mol. The van der Waals surface area contributed by atoms with Gasteiger partial charge in [0.1, 0.15) is 5.82 Å². The van der Waals surface area contributed by atoms with Gasteiger partial charge in [0.15, 0.2) is 0 Å². The number of hydrogen-bond acceptors (Lipinski definition) is 3. The van der Waals surface area contributed by atoms with Crippen LogP contribution in [0.1, 0.15) is 46.6 Å². The van der Waals surface area contributed by atoms with Gasteiger partial charge in [0.2, 0.25) is 0 Å². The van der Waals surface area contributed by atoms with Crippen molar-refractivity contribution >= 4 is 16.8 Å². The Morgan fingerprint density at radius 2 is 1.72 bits per heavy atom. The van der Waals surface area contributed by atoms with Gasteiger partial charge in [-0.1, -0.05) is 25.1 Å². The molecule has 7 heteroatoms. The van der Waals surface area contributed by atoms with E-state index in [1.807, 2.05) is 0 Å². The Balaban J connectivity index is 3.62. The van der Waals surface area contributed by atoms with E-state index in [4.69, 9.17) is 0 Å². The molecule has 0 spiro atoms. The van der Waals surface area contributed by atoms with E-state index in [1.54, 1.807) is 20.8 Å². The van der Waals surface area contributed by atoms with Gasteiger partial charge >= 0.3 is 11.9 Å². The van der Waals surface area contributed by atoms with Gasteiger partial charge in [0.05, 0.1) is 12.0 Å². The lowest BCUT2D eigenvalue weighted by Crippen LogP contribution is -2.56. The van der Waals surface area contributed by atoms with Crippen LogP contribution >= 0.6 is 0 Å². The molecule has 0 fully saturated rings. The Morgan fingerprint density at radius 1 is 1.16 bits per heavy atom. The number of halogens is 3. The van der Waals surface area contributed by atoms with E-state index in [2.05, 4.69) is 4.74 Å². The lowest BCUT2D eigenvalue weighted by atomic mass is 9.74. The van der Waals surface area contributed by atoms with Crippen molar-refractivity contribution in [1.82, 2.24) is 0 Å². The minimum atomic E-state index is -4.03. The van der Waals surface area contributed by atoms with Gasteiger partial charge in [-0.05, 0) is 40.2 Å². The Morgan fingerprint density at radius 3 is 2.16 bits per heavy atom. The lowest BCUT2D eigenvalue weighted by Gasteiger charge is -2.40. The van der Waals surface area contributed by atoms with E-state index in [-0.39, 0.29) is 18.6 Å². The second-order valence-corrected chi connectivity index (χ2v) is 9.02. The number of esters is 1. The van der Waals surface area contributed by atoms with Crippen molar-refractivity contribution in [2.45, 2.75) is 57.1 Å². The van der Waals surface area contributed by atoms with Crippen LogP contribution < -0.4 is 0 Å². The van der Waals surface area contributed by atoms with Crippen molar-refractivity contribution < 1.29 is 26.9 Å². The van der Waals surface area contributed by atoms with E-state index in [1.165, 1.54) is 32.0 Å². The third-order valence-corrected chi connectivity index (χ3v) is 6.31. The molecule has 1 rings (SSSR count). The van der Waals surface area contributed by atoms with Crippen LogP contribution in [0.15, 0.2) is 24.3 Å². The fraction of sp³-hybridized carbons (Fsp3) is 0.611. The van der Waals surface area contributed by atoms with Crippen LogP contribution in [0.2, 0.25) is 0 Å². The minimum absolute atomic E-state index is 0.228. The van der Waals surface area contributed by atoms with Gasteiger partial charge < -0.3 is 4.74 Å². The molecule has 0 N–H and O–H groups in total. The first kappa shape index (κ1) is 21.7. The third-order valence-electron chi connectivity index (χ3n) is 4.19. The average molecular weight is 378 g/mol. The van der Waals surface area contributed by atoms with Crippen molar-refractivity contribution in [3.63, 3.8) is 0 Å². The second-order valence-electron chi connectivity index (χ2n) is 6.81. The van der Waals surface area contributed by atoms with Crippen molar-refractivity contribution in [2.24, 2.45) is 0 Å². The number of alkyl halides is 2. The summed E-state index contributed by atoms with van der Waals surface area (Å²) in [7, 11) is -1.74. The molecule has 1 aromatic rings. The first-order valence-electron chi connectivity index (χ1n) is 8.12. The minimum Gasteiger partial charge on any atom is -0.462 e. The average Bonchev–Trinajstić information content (AvgIpc) is 2.52. The maximum atomic E-state index is 15.2. The quantitative estimate of drug-likeness (QED) is 0.667. The number of ether oxygens (including phenoxy) is 1. The van der Waals surface area contributed by atoms with E-state index >= 15 is 8.78 Å². The number of hydrogen-bond donors (Lipinski definition) is 0. The summed E-state index contributed by atoms with van der Waals surface area (Å²) in [5.41, 5.74) is -2.59. The zero-order valence-electron chi connectivity index (χ0n) is 15.2. The summed E-state index contributed by atoms with van der Waals surface area (Å²) in [6.07, 6.45) is -0.276. The van der Waals surface area contributed by atoms with Crippen LogP contribution in [-0.4, -0.2) is 33.2 Å². The molecule has 0 saturated heterocycles. The smallest absolute Gasteiger partial charge is 0.378 e. The standard InChI is InChI=1S/C18H25F3O3S/c1-6-17(12-25(23)16(3,4)5,13-10-8-9-11-14(13)19)18(20,21)15(22)24-7-2/h8-11H,6-7,12H2,1-5H3/t17-,25-/m1/s1. The van der Waals surface area contributed by atoms with Gasteiger partial charge in [-0.25, -0.2) is 9.18 Å². The van der Waals surface area contributed by atoms with Crippen LogP contribution in [0.5, 0.6) is 0 Å². The van der Waals surface area contributed by atoms with E-state index in [0.29, 0.717) is 0 Å². The van der Waals surface area contributed by atoms with Gasteiger partial charge in [0.25, 0.3) is 0 Å². The number of carbonyl (C=O) groups excluding carboxylic acids is 1. The molecule has 2 atom stereocenters. The van der Waals surface area contributed by atoms with Gasteiger partial charge in [-0.3, -0.25) is 4.21 Å². The third kappa shape index (κ3) is 4.25. The Labute approximate surface area is 149 Å². The highest BCUT2D eigenvalue weighted by Crippen LogP contribution is 2.46. The van der Waals surface area contributed by atoms with Crippen LogP contribution in [0.3, 0.4) is 0 Å². The van der Waals surface area contributed by atoms with Crippen LogP contribution in [-0.2, 0) is 25.7 Å². The van der Waals surface area contributed by atoms with Gasteiger partial charge in [-0.2, -0.15) is 8.78 Å². The summed E-state index contributed by atoms with van der Waals surface area (Å²) >= 11 is 0. The predicted molar refractivity (Wildman–Crippen MR) is 92.7 cm³/mol. The normalized spacial score (nSPS) is 16.2. The molecular formula is C18H25F3O3S. The number of benzene rings is 1. The van der Waals surface area contributed by atoms with Crippen LogP contribution in [0.4, 0.5) is 13.2 Å². The Hall–Kier alpha value is -1.37. The van der Waals surface area contributed by atoms with Crippen molar-refractivity contribution in [1.29, 1.82) is 0 Å². The predicted octanol–water partition coefficient (Wildman–Crippen LogP) is 4.22. The number of rotatable bonds is 7. The molecule has 0 aromatic heterocycles.